The number of nitrogens with zero attached hydrogens (tertiary/aromatic N) is 1. The molecular weight excluding hydrogens is 550 g/mol. The fourth-order valence-corrected chi connectivity index (χ4v) is 6.17. The zero-order chi connectivity index (χ0) is 33.5. The molecule has 0 aliphatic carbocycles. The highest BCUT2D eigenvalue weighted by molar-refractivity contribution is 5.66. The molecule has 272 valence electrons. The van der Waals surface area contributed by atoms with Crippen LogP contribution in [0.15, 0.2) is 0 Å². The quantitative estimate of drug-likeness (QED) is 0.0695. The minimum atomic E-state index is -0.653. The lowest BCUT2D eigenvalue weighted by molar-refractivity contribution is -0.137. The lowest BCUT2D eigenvalue weighted by Gasteiger charge is -2.20. The summed E-state index contributed by atoms with van der Waals surface area (Å²) in [6.45, 7) is 10.4. The SMILES string of the molecule is CCCCCCCCCCCCCCCCCC(=O)O.CCCCCCCCCCCCCCCCCCCCN(C)C(C)C. The summed E-state index contributed by atoms with van der Waals surface area (Å²) in [6, 6.07) is 0.700. The maximum atomic E-state index is 10.3. The Morgan fingerprint density at radius 3 is 0.867 bits per heavy atom. The third-order valence-electron chi connectivity index (χ3n) is 9.74. The Morgan fingerprint density at radius 1 is 0.422 bits per heavy atom. The van der Waals surface area contributed by atoms with Crippen molar-refractivity contribution < 1.29 is 9.90 Å². The van der Waals surface area contributed by atoms with Crippen LogP contribution in [-0.4, -0.2) is 35.6 Å². The van der Waals surface area contributed by atoms with Crippen LogP contribution in [0.5, 0.6) is 0 Å². The zero-order valence-electron chi connectivity index (χ0n) is 32.1. The van der Waals surface area contributed by atoms with Crippen molar-refractivity contribution in [3.63, 3.8) is 0 Å². The number of rotatable bonds is 36. The van der Waals surface area contributed by atoms with E-state index in [-0.39, 0.29) is 0 Å². The van der Waals surface area contributed by atoms with Gasteiger partial charge in [0, 0.05) is 12.5 Å². The lowest BCUT2D eigenvalue weighted by Crippen LogP contribution is -2.27. The Bertz CT molecular complexity index is 535. The van der Waals surface area contributed by atoms with Gasteiger partial charge in [0.25, 0.3) is 0 Å². The highest BCUT2D eigenvalue weighted by Crippen LogP contribution is 2.15. The maximum absolute atomic E-state index is 10.3. The van der Waals surface area contributed by atoms with Gasteiger partial charge in [-0.15, -0.1) is 0 Å². The average Bonchev–Trinajstić information content (AvgIpc) is 3.02. The van der Waals surface area contributed by atoms with Crippen molar-refractivity contribution in [3.8, 4) is 0 Å². The first-order valence-electron chi connectivity index (χ1n) is 20.9. The number of aliphatic carboxylic acids is 1. The molecule has 3 heteroatoms. The van der Waals surface area contributed by atoms with Gasteiger partial charge >= 0.3 is 5.97 Å². The number of hydrogen-bond acceptors (Lipinski definition) is 2. The molecule has 0 spiro atoms. The Balaban J connectivity index is 0. The molecule has 0 aromatic heterocycles. The first-order valence-corrected chi connectivity index (χ1v) is 20.9. The summed E-state index contributed by atoms with van der Waals surface area (Å²) in [6.07, 6.45) is 46.5. The smallest absolute Gasteiger partial charge is 0.303 e. The van der Waals surface area contributed by atoms with Crippen molar-refractivity contribution >= 4 is 5.97 Å². The molecular formula is C42H87NO2. The van der Waals surface area contributed by atoms with Crippen molar-refractivity contribution in [1.29, 1.82) is 0 Å². The molecule has 0 aromatic carbocycles. The normalized spacial score (nSPS) is 11.4. The van der Waals surface area contributed by atoms with Crippen LogP contribution in [0.2, 0.25) is 0 Å². The van der Waals surface area contributed by atoms with Gasteiger partial charge in [-0.1, -0.05) is 213 Å². The molecule has 0 radical (unpaired) electrons. The van der Waals surface area contributed by atoms with Crippen LogP contribution in [0.25, 0.3) is 0 Å². The summed E-state index contributed by atoms with van der Waals surface area (Å²) in [7, 11) is 2.25. The molecule has 0 saturated heterocycles. The molecule has 0 aliphatic heterocycles. The van der Waals surface area contributed by atoms with E-state index in [2.05, 4.69) is 39.6 Å². The minimum absolute atomic E-state index is 0.345. The molecule has 0 aromatic rings. The summed E-state index contributed by atoms with van der Waals surface area (Å²) in [4.78, 5) is 12.8. The van der Waals surface area contributed by atoms with Gasteiger partial charge in [0.1, 0.15) is 0 Å². The predicted molar refractivity (Wildman–Crippen MR) is 204 cm³/mol. The number of carboxylic acid groups (broad SMARTS) is 1. The average molecular weight is 638 g/mol. The minimum Gasteiger partial charge on any atom is -0.481 e. The van der Waals surface area contributed by atoms with E-state index in [1.807, 2.05) is 0 Å². The summed E-state index contributed by atoms with van der Waals surface area (Å²) < 4.78 is 0. The van der Waals surface area contributed by atoms with E-state index in [0.29, 0.717) is 12.5 Å². The largest absolute Gasteiger partial charge is 0.481 e. The molecule has 1 N–H and O–H groups in total. The Morgan fingerprint density at radius 2 is 0.644 bits per heavy atom. The van der Waals surface area contributed by atoms with E-state index in [9.17, 15) is 4.79 Å². The van der Waals surface area contributed by atoms with E-state index in [1.54, 1.807) is 0 Å². The van der Waals surface area contributed by atoms with Crippen LogP contribution in [0, 0.1) is 0 Å². The topological polar surface area (TPSA) is 40.5 Å². The number of carbonyl (C=O) groups is 1. The molecule has 0 unspecified atom stereocenters. The van der Waals surface area contributed by atoms with Crippen molar-refractivity contribution in [3.05, 3.63) is 0 Å². The third kappa shape index (κ3) is 45.6. The molecule has 0 fully saturated rings. The van der Waals surface area contributed by atoms with Crippen molar-refractivity contribution in [2.24, 2.45) is 0 Å². The molecule has 45 heavy (non-hydrogen) atoms. The monoisotopic (exact) mass is 638 g/mol. The third-order valence-corrected chi connectivity index (χ3v) is 9.74. The fraction of sp³-hybridized carbons (Fsp3) is 0.976. The fourth-order valence-electron chi connectivity index (χ4n) is 6.17. The van der Waals surface area contributed by atoms with Gasteiger partial charge < -0.3 is 10.0 Å². The zero-order valence-corrected chi connectivity index (χ0v) is 32.1. The van der Waals surface area contributed by atoms with E-state index >= 15 is 0 Å². The van der Waals surface area contributed by atoms with Gasteiger partial charge in [-0.25, -0.2) is 0 Å². The van der Waals surface area contributed by atoms with Gasteiger partial charge in [0.05, 0.1) is 0 Å². The summed E-state index contributed by atoms with van der Waals surface area (Å²) in [5.74, 6) is -0.653. The summed E-state index contributed by atoms with van der Waals surface area (Å²) in [5.41, 5.74) is 0. The van der Waals surface area contributed by atoms with Gasteiger partial charge in [-0.05, 0) is 40.3 Å². The van der Waals surface area contributed by atoms with E-state index < -0.39 is 5.97 Å². The Labute approximate surface area is 285 Å². The van der Waals surface area contributed by atoms with Gasteiger partial charge in [-0.2, -0.15) is 0 Å². The van der Waals surface area contributed by atoms with Gasteiger partial charge in [-0.3, -0.25) is 4.79 Å². The molecule has 0 aliphatic rings. The highest BCUT2D eigenvalue weighted by Gasteiger charge is 2.02. The van der Waals surface area contributed by atoms with Crippen LogP contribution >= 0.6 is 0 Å². The first kappa shape index (κ1) is 46.5. The van der Waals surface area contributed by atoms with Crippen molar-refractivity contribution in [1.82, 2.24) is 4.90 Å². The van der Waals surface area contributed by atoms with E-state index in [0.717, 1.165) is 12.8 Å². The number of hydrogen-bond donors (Lipinski definition) is 1. The summed E-state index contributed by atoms with van der Waals surface area (Å²) in [5, 5.41) is 8.52. The first-order chi connectivity index (χ1) is 22.0. The molecule has 0 heterocycles. The molecule has 0 amide bonds. The van der Waals surface area contributed by atoms with Crippen LogP contribution in [0.1, 0.15) is 246 Å². The highest BCUT2D eigenvalue weighted by atomic mass is 16.4. The second kappa shape index (κ2) is 41.5. The molecule has 0 bridgehead atoms. The van der Waals surface area contributed by atoms with Gasteiger partial charge in [0.15, 0.2) is 0 Å². The molecule has 0 rings (SSSR count). The van der Waals surface area contributed by atoms with Crippen LogP contribution in [0.4, 0.5) is 0 Å². The lowest BCUT2D eigenvalue weighted by atomic mass is 10.0. The second-order valence-electron chi connectivity index (χ2n) is 14.7. The van der Waals surface area contributed by atoms with Crippen molar-refractivity contribution in [2.75, 3.05) is 13.6 Å². The number of carboxylic acids is 1. The number of unbranched alkanes of at least 4 members (excludes halogenated alkanes) is 31. The van der Waals surface area contributed by atoms with Gasteiger partial charge in [0.2, 0.25) is 0 Å². The maximum Gasteiger partial charge on any atom is 0.303 e. The Kier molecular flexibility index (Phi) is 42.9. The standard InChI is InChI=1S/C24H51N.C18H36O2/c1-5-6-7-8-9-10-11-12-13-14-15-16-17-18-19-20-21-22-23-25(4)24(2)3;1-2-3-4-5-6-7-8-9-10-11-12-13-14-15-16-17-18(19)20/h24H,5-23H2,1-4H3;2-17H2,1H3,(H,19,20). The van der Waals surface area contributed by atoms with Crippen LogP contribution in [-0.2, 0) is 4.79 Å². The summed E-state index contributed by atoms with van der Waals surface area (Å²) >= 11 is 0. The second-order valence-corrected chi connectivity index (χ2v) is 14.7. The predicted octanol–water partition coefficient (Wildman–Crippen LogP) is 14.7. The molecule has 0 saturated carbocycles. The Hall–Kier alpha value is -0.570. The molecule has 3 nitrogen and oxygen atoms in total. The van der Waals surface area contributed by atoms with Crippen molar-refractivity contribution in [2.45, 2.75) is 252 Å². The van der Waals surface area contributed by atoms with Crippen LogP contribution in [0.3, 0.4) is 0 Å². The van der Waals surface area contributed by atoms with Crippen LogP contribution < -0.4 is 0 Å². The van der Waals surface area contributed by atoms with E-state index in [4.69, 9.17) is 5.11 Å². The molecule has 0 atom stereocenters. The van der Waals surface area contributed by atoms with E-state index in [1.165, 1.54) is 206 Å².